The predicted octanol–water partition coefficient (Wildman–Crippen LogP) is 4.57. The first-order valence-corrected chi connectivity index (χ1v) is 7.12. The van der Waals surface area contributed by atoms with E-state index in [-0.39, 0.29) is 11.7 Å². The minimum atomic E-state index is -0.378. The van der Waals surface area contributed by atoms with Crippen LogP contribution in [0, 0.1) is 5.82 Å². The zero-order chi connectivity index (χ0) is 15.0. The van der Waals surface area contributed by atoms with Gasteiger partial charge in [0, 0.05) is 5.69 Å². The summed E-state index contributed by atoms with van der Waals surface area (Å²) in [5.74, 6) is 0.913. The van der Waals surface area contributed by atoms with Gasteiger partial charge < -0.3 is 4.74 Å². The van der Waals surface area contributed by atoms with Gasteiger partial charge >= 0.3 is 0 Å². The second-order valence-electron chi connectivity index (χ2n) is 4.42. The van der Waals surface area contributed by atoms with Crippen molar-refractivity contribution in [1.82, 2.24) is 9.55 Å². The van der Waals surface area contributed by atoms with Crippen LogP contribution in [-0.4, -0.2) is 16.7 Å². The number of alkyl halides is 1. The highest BCUT2D eigenvalue weighted by atomic mass is 35.5. The second-order valence-corrected chi connectivity index (χ2v) is 5.10. The minimum Gasteiger partial charge on any atom is -0.495 e. The van der Waals surface area contributed by atoms with Crippen molar-refractivity contribution in [1.29, 1.82) is 0 Å². The Morgan fingerprint density at radius 1 is 1.29 bits per heavy atom. The third-order valence-corrected chi connectivity index (χ3v) is 3.75. The Balaban J connectivity index is 2.28. The fourth-order valence-electron chi connectivity index (χ4n) is 2.29. The number of hydrogen-bond donors (Lipinski definition) is 0. The summed E-state index contributed by atoms with van der Waals surface area (Å²) in [6, 6.07) is 10.1. The van der Waals surface area contributed by atoms with Crippen molar-refractivity contribution in [3.8, 4) is 11.4 Å². The summed E-state index contributed by atoms with van der Waals surface area (Å²) in [7, 11) is 1.55. The highest BCUT2D eigenvalue weighted by molar-refractivity contribution is 6.32. The normalized spacial score (nSPS) is 11.0. The maximum Gasteiger partial charge on any atom is 0.151 e. The summed E-state index contributed by atoms with van der Waals surface area (Å²) in [6.45, 7) is 0. The van der Waals surface area contributed by atoms with Crippen LogP contribution in [-0.2, 0) is 5.88 Å². The van der Waals surface area contributed by atoms with Crippen LogP contribution in [0.15, 0.2) is 36.4 Å². The van der Waals surface area contributed by atoms with E-state index in [1.807, 2.05) is 6.07 Å². The zero-order valence-electron chi connectivity index (χ0n) is 11.1. The van der Waals surface area contributed by atoms with Gasteiger partial charge in [-0.15, -0.1) is 11.6 Å². The Labute approximate surface area is 130 Å². The molecule has 108 valence electrons. The number of imidazole rings is 1. The lowest BCUT2D eigenvalue weighted by Gasteiger charge is -2.10. The Hall–Kier alpha value is -1.78. The van der Waals surface area contributed by atoms with Gasteiger partial charge in [0.05, 0.1) is 23.5 Å². The topological polar surface area (TPSA) is 27.1 Å². The Morgan fingerprint density at radius 2 is 2.10 bits per heavy atom. The van der Waals surface area contributed by atoms with Crippen molar-refractivity contribution in [2.75, 3.05) is 7.11 Å². The molecule has 0 saturated carbocycles. The molecule has 0 amide bonds. The first-order valence-electron chi connectivity index (χ1n) is 6.21. The highest BCUT2D eigenvalue weighted by Gasteiger charge is 2.15. The first kappa shape index (κ1) is 14.2. The van der Waals surface area contributed by atoms with Crippen molar-refractivity contribution >= 4 is 34.2 Å². The Kier molecular flexibility index (Phi) is 3.74. The van der Waals surface area contributed by atoms with Gasteiger partial charge in [-0.25, -0.2) is 9.37 Å². The quantitative estimate of drug-likeness (QED) is 0.660. The number of halogens is 3. The van der Waals surface area contributed by atoms with Crippen molar-refractivity contribution in [2.45, 2.75) is 5.88 Å². The summed E-state index contributed by atoms with van der Waals surface area (Å²) >= 11 is 12.1. The van der Waals surface area contributed by atoms with Gasteiger partial charge in [0.1, 0.15) is 17.1 Å². The van der Waals surface area contributed by atoms with Gasteiger partial charge in [-0.05, 0) is 30.3 Å². The van der Waals surface area contributed by atoms with Crippen LogP contribution in [0.1, 0.15) is 5.82 Å². The van der Waals surface area contributed by atoms with E-state index in [9.17, 15) is 4.39 Å². The van der Waals surface area contributed by atoms with Crippen molar-refractivity contribution in [2.24, 2.45) is 0 Å². The molecule has 0 radical (unpaired) electrons. The molecule has 3 aromatic rings. The Morgan fingerprint density at radius 3 is 2.76 bits per heavy atom. The van der Waals surface area contributed by atoms with E-state index in [0.29, 0.717) is 27.6 Å². The lowest BCUT2D eigenvalue weighted by molar-refractivity contribution is 0.415. The van der Waals surface area contributed by atoms with E-state index >= 15 is 0 Å². The van der Waals surface area contributed by atoms with E-state index in [2.05, 4.69) is 4.98 Å². The van der Waals surface area contributed by atoms with Crippen LogP contribution in [0.3, 0.4) is 0 Å². The van der Waals surface area contributed by atoms with E-state index in [1.165, 1.54) is 6.07 Å². The molecule has 0 aliphatic rings. The van der Waals surface area contributed by atoms with E-state index in [4.69, 9.17) is 27.9 Å². The molecule has 0 aliphatic carbocycles. The average Bonchev–Trinajstić information content (AvgIpc) is 2.87. The van der Waals surface area contributed by atoms with Crippen LogP contribution in [0.5, 0.6) is 5.75 Å². The smallest absolute Gasteiger partial charge is 0.151 e. The molecule has 0 N–H and O–H groups in total. The summed E-state index contributed by atoms with van der Waals surface area (Å²) < 4.78 is 20.8. The van der Waals surface area contributed by atoms with Crippen LogP contribution >= 0.6 is 23.2 Å². The lowest BCUT2D eigenvalue weighted by atomic mass is 10.2. The molecule has 0 spiro atoms. The van der Waals surface area contributed by atoms with Crippen molar-refractivity contribution in [3.05, 3.63) is 53.1 Å². The molecule has 1 aromatic heterocycles. The number of benzene rings is 2. The highest BCUT2D eigenvalue weighted by Crippen LogP contribution is 2.30. The third kappa shape index (κ3) is 2.34. The standard InChI is InChI=1S/C15H11Cl2FN2O/c1-21-13-6-5-9(7-10(13)17)20-12-4-2-3-11(18)15(12)19-14(20)8-16/h2-7H,8H2,1H3. The maximum atomic E-state index is 13.9. The molecule has 1 heterocycles. The summed E-state index contributed by atoms with van der Waals surface area (Å²) in [4.78, 5) is 4.26. The predicted molar refractivity (Wildman–Crippen MR) is 82.1 cm³/mol. The van der Waals surface area contributed by atoms with Crippen LogP contribution < -0.4 is 4.74 Å². The van der Waals surface area contributed by atoms with Gasteiger partial charge in [0.2, 0.25) is 0 Å². The number of para-hydroxylation sites is 1. The fourth-order valence-corrected chi connectivity index (χ4v) is 2.72. The second kappa shape index (κ2) is 5.54. The monoisotopic (exact) mass is 324 g/mol. The molecule has 2 aromatic carbocycles. The van der Waals surface area contributed by atoms with Gasteiger partial charge in [-0.1, -0.05) is 17.7 Å². The number of aromatic nitrogens is 2. The number of fused-ring (bicyclic) bond motifs is 1. The molecule has 21 heavy (non-hydrogen) atoms. The lowest BCUT2D eigenvalue weighted by Crippen LogP contribution is -1.99. The average molecular weight is 325 g/mol. The number of nitrogens with zero attached hydrogens (tertiary/aromatic N) is 2. The van der Waals surface area contributed by atoms with Crippen LogP contribution in [0.2, 0.25) is 5.02 Å². The molecule has 3 rings (SSSR count). The van der Waals surface area contributed by atoms with Gasteiger partial charge in [0.15, 0.2) is 5.82 Å². The van der Waals surface area contributed by atoms with Gasteiger partial charge in [0.25, 0.3) is 0 Å². The third-order valence-electron chi connectivity index (χ3n) is 3.22. The van der Waals surface area contributed by atoms with E-state index in [1.54, 1.807) is 35.9 Å². The van der Waals surface area contributed by atoms with Gasteiger partial charge in [-0.2, -0.15) is 0 Å². The molecule has 0 unspecified atom stereocenters. The summed E-state index contributed by atoms with van der Waals surface area (Å²) in [5, 5.41) is 0.466. The van der Waals surface area contributed by atoms with Crippen LogP contribution in [0.25, 0.3) is 16.7 Å². The fraction of sp³-hybridized carbons (Fsp3) is 0.133. The van der Waals surface area contributed by atoms with Crippen LogP contribution in [0.4, 0.5) is 4.39 Å². The number of hydrogen-bond acceptors (Lipinski definition) is 2. The largest absolute Gasteiger partial charge is 0.495 e. The minimum absolute atomic E-state index is 0.164. The molecule has 0 aliphatic heterocycles. The molecular weight excluding hydrogens is 314 g/mol. The maximum absolute atomic E-state index is 13.9. The molecule has 3 nitrogen and oxygen atoms in total. The molecule has 0 bridgehead atoms. The zero-order valence-corrected chi connectivity index (χ0v) is 12.6. The summed E-state index contributed by atoms with van der Waals surface area (Å²) in [6.07, 6.45) is 0. The first-order chi connectivity index (χ1) is 10.2. The van der Waals surface area contributed by atoms with Crippen molar-refractivity contribution < 1.29 is 9.13 Å². The number of ether oxygens (including phenoxy) is 1. The summed E-state index contributed by atoms with van der Waals surface area (Å²) in [5.41, 5.74) is 1.69. The molecule has 0 atom stereocenters. The molecule has 0 fully saturated rings. The number of methoxy groups -OCH3 is 1. The van der Waals surface area contributed by atoms with E-state index in [0.717, 1.165) is 5.69 Å². The molecular formula is C15H11Cl2FN2O. The number of rotatable bonds is 3. The van der Waals surface area contributed by atoms with Gasteiger partial charge in [-0.3, -0.25) is 4.57 Å². The molecule has 0 saturated heterocycles. The van der Waals surface area contributed by atoms with Crippen molar-refractivity contribution in [3.63, 3.8) is 0 Å². The SMILES string of the molecule is COc1ccc(-n2c(CCl)nc3c(F)cccc32)cc1Cl. The van der Waals surface area contributed by atoms with E-state index < -0.39 is 0 Å². The molecule has 6 heteroatoms. The Bertz CT molecular complexity index is 817.